The van der Waals surface area contributed by atoms with Crippen LogP contribution in [0.1, 0.15) is 66.8 Å². The molecular formula is C16H19NO. The molecule has 0 aromatic heterocycles. The number of carbonyl (C=O) groups excluding carboxylic acids is 1. The monoisotopic (exact) mass is 241 g/mol. The largest absolute Gasteiger partial charge is 0.294 e. The topological polar surface area (TPSA) is 40.9 Å². The Morgan fingerprint density at radius 3 is 2.44 bits per heavy atom. The molecule has 1 aromatic rings. The van der Waals surface area contributed by atoms with Crippen LogP contribution in [0.25, 0.3) is 0 Å². The van der Waals surface area contributed by atoms with Crippen molar-refractivity contribution in [3.05, 3.63) is 35.4 Å². The van der Waals surface area contributed by atoms with E-state index in [-0.39, 0.29) is 5.78 Å². The number of nitriles is 1. The average Bonchev–Trinajstić information content (AvgIpc) is 2.46. The van der Waals surface area contributed by atoms with Gasteiger partial charge in [-0.3, -0.25) is 4.79 Å². The van der Waals surface area contributed by atoms with Crippen LogP contribution in [0.15, 0.2) is 24.3 Å². The number of carbonyl (C=O) groups is 1. The first-order valence-electron chi connectivity index (χ1n) is 6.81. The summed E-state index contributed by atoms with van der Waals surface area (Å²) < 4.78 is 0. The summed E-state index contributed by atoms with van der Waals surface area (Å²) in [5, 5.41) is 8.47. The van der Waals surface area contributed by atoms with Crippen molar-refractivity contribution in [3.8, 4) is 6.07 Å². The first kappa shape index (κ1) is 12.8. The lowest BCUT2D eigenvalue weighted by Gasteiger charge is -2.22. The van der Waals surface area contributed by atoms with Gasteiger partial charge in [-0.25, -0.2) is 0 Å². The molecule has 0 unspecified atom stereocenters. The zero-order valence-electron chi connectivity index (χ0n) is 10.7. The van der Waals surface area contributed by atoms with E-state index in [2.05, 4.69) is 12.1 Å². The third-order valence-electron chi connectivity index (χ3n) is 3.77. The van der Waals surface area contributed by atoms with Gasteiger partial charge in [-0.1, -0.05) is 43.5 Å². The Bertz CT molecular complexity index is 435. The van der Waals surface area contributed by atoms with E-state index in [1.54, 1.807) is 0 Å². The van der Waals surface area contributed by atoms with Crippen molar-refractivity contribution < 1.29 is 4.79 Å². The van der Waals surface area contributed by atoms with Crippen LogP contribution in [0.5, 0.6) is 0 Å². The molecule has 0 aliphatic heterocycles. The van der Waals surface area contributed by atoms with Crippen molar-refractivity contribution in [3.63, 3.8) is 0 Å². The lowest BCUT2D eigenvalue weighted by Crippen LogP contribution is -2.05. The van der Waals surface area contributed by atoms with E-state index in [9.17, 15) is 4.79 Å². The zero-order valence-corrected chi connectivity index (χ0v) is 10.7. The molecule has 1 saturated carbocycles. The van der Waals surface area contributed by atoms with Crippen molar-refractivity contribution in [1.29, 1.82) is 5.26 Å². The predicted octanol–water partition coefficient (Wildman–Crippen LogP) is 4.22. The summed E-state index contributed by atoms with van der Waals surface area (Å²) in [5.74, 6) is 0.758. The highest BCUT2D eigenvalue weighted by Crippen LogP contribution is 2.32. The molecule has 0 amide bonds. The number of ketones is 1. The molecule has 0 atom stereocenters. The molecule has 94 valence electrons. The van der Waals surface area contributed by atoms with Crippen molar-refractivity contribution in [2.45, 2.75) is 50.9 Å². The number of rotatable bonds is 4. The normalized spacial score (nSPS) is 16.2. The second-order valence-electron chi connectivity index (χ2n) is 5.04. The predicted molar refractivity (Wildman–Crippen MR) is 71.4 cm³/mol. The molecule has 0 N–H and O–H groups in total. The molecule has 2 nitrogen and oxygen atoms in total. The van der Waals surface area contributed by atoms with Gasteiger partial charge < -0.3 is 0 Å². The summed E-state index contributed by atoms with van der Waals surface area (Å²) in [6.45, 7) is 0. The van der Waals surface area contributed by atoms with Crippen molar-refractivity contribution >= 4 is 5.78 Å². The summed E-state index contributed by atoms with van der Waals surface area (Å²) in [5.41, 5.74) is 2.11. The molecule has 1 aliphatic carbocycles. The molecule has 18 heavy (non-hydrogen) atoms. The molecule has 2 heteroatoms. The van der Waals surface area contributed by atoms with Crippen molar-refractivity contribution in [2.75, 3.05) is 0 Å². The Labute approximate surface area is 109 Å². The van der Waals surface area contributed by atoms with E-state index in [1.165, 1.54) is 37.7 Å². The van der Waals surface area contributed by atoms with Gasteiger partial charge in [-0.05, 0) is 24.3 Å². The van der Waals surface area contributed by atoms with Crippen molar-refractivity contribution in [2.24, 2.45) is 0 Å². The van der Waals surface area contributed by atoms with Gasteiger partial charge in [0, 0.05) is 18.4 Å². The number of hydrogen-bond acceptors (Lipinski definition) is 2. The van der Waals surface area contributed by atoms with Crippen LogP contribution in [-0.2, 0) is 0 Å². The van der Waals surface area contributed by atoms with E-state index in [1.807, 2.05) is 18.2 Å². The minimum absolute atomic E-state index is 0.0757. The maximum Gasteiger partial charge on any atom is 0.163 e. The third kappa shape index (κ3) is 3.20. The van der Waals surface area contributed by atoms with Gasteiger partial charge in [0.1, 0.15) is 0 Å². The Hall–Kier alpha value is -1.62. The standard InChI is InChI=1S/C16H19NO/c17-12-4-7-16(18)15-10-8-14(9-11-15)13-5-2-1-3-6-13/h8-11,13H,1-7H2. The van der Waals surface area contributed by atoms with Crippen LogP contribution in [0.3, 0.4) is 0 Å². The molecule has 1 aliphatic rings. The van der Waals surface area contributed by atoms with E-state index < -0.39 is 0 Å². The Morgan fingerprint density at radius 2 is 1.83 bits per heavy atom. The summed E-state index contributed by atoms with van der Waals surface area (Å²) in [6.07, 6.45) is 7.22. The maximum absolute atomic E-state index is 11.7. The number of hydrogen-bond donors (Lipinski definition) is 0. The molecule has 1 fully saturated rings. The Balaban J connectivity index is 2.00. The van der Waals surface area contributed by atoms with Gasteiger partial charge in [-0.2, -0.15) is 5.26 Å². The van der Waals surface area contributed by atoms with Gasteiger partial charge in [0.05, 0.1) is 6.07 Å². The SMILES string of the molecule is N#CCCC(=O)c1ccc(C2CCCCC2)cc1. The lowest BCUT2D eigenvalue weighted by atomic mass is 9.84. The van der Waals surface area contributed by atoms with Gasteiger partial charge >= 0.3 is 0 Å². The van der Waals surface area contributed by atoms with Crippen LogP contribution >= 0.6 is 0 Å². The van der Waals surface area contributed by atoms with Crippen LogP contribution in [0.2, 0.25) is 0 Å². The molecule has 0 heterocycles. The average molecular weight is 241 g/mol. The minimum atomic E-state index is 0.0757. The van der Waals surface area contributed by atoms with Gasteiger partial charge in [0.25, 0.3) is 0 Å². The Morgan fingerprint density at radius 1 is 1.17 bits per heavy atom. The second-order valence-corrected chi connectivity index (χ2v) is 5.04. The van der Waals surface area contributed by atoms with Crippen LogP contribution in [0.4, 0.5) is 0 Å². The second kappa shape index (κ2) is 6.35. The fourth-order valence-corrected chi connectivity index (χ4v) is 2.69. The Kier molecular flexibility index (Phi) is 4.52. The molecular weight excluding hydrogens is 222 g/mol. The molecule has 0 radical (unpaired) electrons. The quantitative estimate of drug-likeness (QED) is 0.740. The summed E-state index contributed by atoms with van der Waals surface area (Å²) >= 11 is 0. The van der Waals surface area contributed by atoms with Crippen LogP contribution in [0, 0.1) is 11.3 Å². The van der Waals surface area contributed by atoms with E-state index >= 15 is 0 Å². The summed E-state index contributed by atoms with van der Waals surface area (Å²) in [6, 6.07) is 10.0. The first-order chi connectivity index (χ1) is 8.81. The van der Waals surface area contributed by atoms with E-state index in [4.69, 9.17) is 5.26 Å². The highest BCUT2D eigenvalue weighted by Gasteiger charge is 2.15. The van der Waals surface area contributed by atoms with Gasteiger partial charge in [0.2, 0.25) is 0 Å². The molecule has 0 spiro atoms. The molecule has 0 saturated heterocycles. The van der Waals surface area contributed by atoms with Crippen molar-refractivity contribution in [1.82, 2.24) is 0 Å². The molecule has 2 rings (SSSR count). The van der Waals surface area contributed by atoms with Gasteiger partial charge in [0.15, 0.2) is 5.78 Å². The van der Waals surface area contributed by atoms with Crippen LogP contribution in [-0.4, -0.2) is 5.78 Å². The molecule has 1 aromatic carbocycles. The first-order valence-corrected chi connectivity index (χ1v) is 6.81. The summed E-state index contributed by atoms with van der Waals surface area (Å²) in [4.78, 5) is 11.7. The number of Topliss-reactive ketones (excluding diaryl/α,β-unsaturated/α-hetero) is 1. The summed E-state index contributed by atoms with van der Waals surface area (Å²) in [7, 11) is 0. The van der Waals surface area contributed by atoms with E-state index in [0.717, 1.165) is 5.56 Å². The fraction of sp³-hybridized carbons (Fsp3) is 0.500. The zero-order chi connectivity index (χ0) is 12.8. The van der Waals surface area contributed by atoms with Crippen LogP contribution < -0.4 is 0 Å². The lowest BCUT2D eigenvalue weighted by molar-refractivity contribution is 0.0984. The van der Waals surface area contributed by atoms with E-state index in [0.29, 0.717) is 18.8 Å². The third-order valence-corrected chi connectivity index (χ3v) is 3.77. The maximum atomic E-state index is 11.7. The number of nitrogens with zero attached hydrogens (tertiary/aromatic N) is 1. The van der Waals surface area contributed by atoms with Gasteiger partial charge in [-0.15, -0.1) is 0 Å². The molecule has 0 bridgehead atoms. The highest BCUT2D eigenvalue weighted by atomic mass is 16.1. The smallest absolute Gasteiger partial charge is 0.163 e. The highest BCUT2D eigenvalue weighted by molar-refractivity contribution is 5.96. The number of benzene rings is 1. The fourth-order valence-electron chi connectivity index (χ4n) is 2.69. The minimum Gasteiger partial charge on any atom is -0.294 e.